The maximum atomic E-state index is 4.19. The molecule has 16 heavy (non-hydrogen) atoms. The van der Waals surface area contributed by atoms with E-state index in [-0.39, 0.29) is 0 Å². The molecule has 0 fully saturated rings. The van der Waals surface area contributed by atoms with Gasteiger partial charge in [-0.3, -0.25) is 4.98 Å². The van der Waals surface area contributed by atoms with Crippen LogP contribution in [0.3, 0.4) is 0 Å². The first kappa shape index (κ1) is 11.3. The zero-order valence-corrected chi connectivity index (χ0v) is 10.2. The number of hydrogen-bond acceptors (Lipinski definition) is 4. The molecule has 0 aliphatic carbocycles. The number of aromatic nitrogens is 3. The monoisotopic (exact) mass is 236 g/mol. The van der Waals surface area contributed by atoms with Crippen molar-refractivity contribution >= 4 is 11.3 Å². The predicted molar refractivity (Wildman–Crippen MR) is 65.4 cm³/mol. The fraction of sp³-hybridized carbons (Fsp3) is 0.455. The van der Waals surface area contributed by atoms with Gasteiger partial charge in [0.2, 0.25) is 0 Å². The zero-order valence-electron chi connectivity index (χ0n) is 9.39. The minimum absolute atomic E-state index is 0.869. The number of thiazole rings is 1. The van der Waals surface area contributed by atoms with Gasteiger partial charge in [-0.15, -0.1) is 11.3 Å². The summed E-state index contributed by atoms with van der Waals surface area (Å²) in [5.41, 5.74) is 3.09. The van der Waals surface area contributed by atoms with Gasteiger partial charge in [-0.25, -0.2) is 4.98 Å². The van der Waals surface area contributed by atoms with Crippen molar-refractivity contribution < 1.29 is 0 Å². The van der Waals surface area contributed by atoms with Crippen molar-refractivity contribution in [2.45, 2.75) is 26.4 Å². The summed E-state index contributed by atoms with van der Waals surface area (Å²) in [5.74, 6) is 0. The van der Waals surface area contributed by atoms with E-state index in [2.05, 4.69) is 26.8 Å². The van der Waals surface area contributed by atoms with Crippen LogP contribution >= 0.6 is 11.3 Å². The maximum absolute atomic E-state index is 4.19. The molecule has 0 aliphatic rings. The zero-order chi connectivity index (χ0) is 11.2. The Bertz CT molecular complexity index is 407. The summed E-state index contributed by atoms with van der Waals surface area (Å²) in [6, 6.07) is 0. The second-order valence-electron chi connectivity index (χ2n) is 3.66. The molecule has 0 atom stereocenters. The summed E-state index contributed by atoms with van der Waals surface area (Å²) in [6.07, 6.45) is 6.86. The quantitative estimate of drug-likeness (QED) is 0.779. The van der Waals surface area contributed by atoms with Crippen molar-refractivity contribution in [3.63, 3.8) is 0 Å². The highest BCUT2D eigenvalue weighted by atomic mass is 32.1. The minimum Gasteiger partial charge on any atom is -0.328 e. The molecule has 4 nitrogen and oxygen atoms in total. The van der Waals surface area contributed by atoms with E-state index in [1.165, 1.54) is 10.6 Å². The Morgan fingerprint density at radius 2 is 2.31 bits per heavy atom. The topological polar surface area (TPSA) is 42.7 Å². The van der Waals surface area contributed by atoms with Gasteiger partial charge in [0, 0.05) is 23.8 Å². The van der Waals surface area contributed by atoms with Gasteiger partial charge in [-0.05, 0) is 13.0 Å². The average Bonchev–Trinajstić information content (AvgIpc) is 2.92. The highest BCUT2D eigenvalue weighted by Crippen LogP contribution is 2.09. The van der Waals surface area contributed by atoms with Crippen molar-refractivity contribution in [1.82, 2.24) is 19.9 Å². The lowest BCUT2D eigenvalue weighted by atomic mass is 10.4. The minimum atomic E-state index is 0.869. The Balaban J connectivity index is 1.96. The molecule has 0 saturated carbocycles. The molecule has 2 aromatic rings. The third kappa shape index (κ3) is 2.90. The molecule has 0 saturated heterocycles. The van der Waals surface area contributed by atoms with Crippen LogP contribution in [0.4, 0.5) is 0 Å². The molecule has 0 unspecified atom stereocenters. The van der Waals surface area contributed by atoms with Crippen LogP contribution in [-0.4, -0.2) is 21.1 Å². The number of nitrogens with one attached hydrogen (secondary N) is 1. The van der Waals surface area contributed by atoms with Gasteiger partial charge in [0.15, 0.2) is 0 Å². The fourth-order valence-electron chi connectivity index (χ4n) is 1.52. The summed E-state index contributed by atoms with van der Waals surface area (Å²) < 4.78 is 2.16. The van der Waals surface area contributed by atoms with E-state index >= 15 is 0 Å². The first-order valence-electron chi connectivity index (χ1n) is 5.47. The number of nitrogens with zero attached hydrogens (tertiary/aromatic N) is 3. The lowest BCUT2D eigenvalue weighted by Crippen LogP contribution is -2.16. The van der Waals surface area contributed by atoms with E-state index in [0.717, 1.165) is 26.1 Å². The second kappa shape index (κ2) is 5.77. The van der Waals surface area contributed by atoms with Gasteiger partial charge in [-0.2, -0.15) is 0 Å². The van der Waals surface area contributed by atoms with E-state index in [1.807, 2.05) is 24.2 Å². The van der Waals surface area contributed by atoms with Crippen LogP contribution in [-0.2, 0) is 13.1 Å². The third-order valence-corrected chi connectivity index (χ3v) is 3.11. The molecule has 2 heterocycles. The average molecular weight is 236 g/mol. The molecule has 0 radical (unpaired) electrons. The molecule has 86 valence electrons. The Morgan fingerprint density at radius 1 is 1.38 bits per heavy atom. The van der Waals surface area contributed by atoms with E-state index < -0.39 is 0 Å². The predicted octanol–water partition coefficient (Wildman–Crippen LogP) is 1.89. The number of imidazole rings is 1. The number of hydrogen-bond donors (Lipinski definition) is 1. The van der Waals surface area contributed by atoms with Gasteiger partial charge in [0.25, 0.3) is 0 Å². The molecule has 0 spiro atoms. The summed E-state index contributed by atoms with van der Waals surface area (Å²) in [5, 5.41) is 3.38. The van der Waals surface area contributed by atoms with Gasteiger partial charge in [0.05, 0.1) is 24.1 Å². The Labute approximate surface area is 99.4 Å². The molecule has 1 N–H and O–H groups in total. The van der Waals surface area contributed by atoms with Gasteiger partial charge < -0.3 is 9.88 Å². The lowest BCUT2D eigenvalue weighted by Gasteiger charge is -2.07. The van der Waals surface area contributed by atoms with Gasteiger partial charge >= 0.3 is 0 Å². The van der Waals surface area contributed by atoms with Crippen LogP contribution < -0.4 is 5.32 Å². The third-order valence-electron chi connectivity index (χ3n) is 2.34. The second-order valence-corrected chi connectivity index (χ2v) is 4.63. The molecule has 0 aromatic carbocycles. The van der Waals surface area contributed by atoms with E-state index in [9.17, 15) is 0 Å². The van der Waals surface area contributed by atoms with Crippen molar-refractivity contribution in [1.29, 1.82) is 0 Å². The highest BCUT2D eigenvalue weighted by Gasteiger charge is 2.03. The van der Waals surface area contributed by atoms with E-state index in [0.29, 0.717) is 0 Å². The van der Waals surface area contributed by atoms with E-state index in [4.69, 9.17) is 0 Å². The summed E-state index contributed by atoms with van der Waals surface area (Å²) in [6.45, 7) is 4.97. The van der Waals surface area contributed by atoms with Crippen LogP contribution in [0.1, 0.15) is 23.9 Å². The van der Waals surface area contributed by atoms with Crippen molar-refractivity contribution in [3.05, 3.63) is 34.8 Å². The molecule has 2 aromatic heterocycles. The van der Waals surface area contributed by atoms with Crippen LogP contribution in [0.15, 0.2) is 24.2 Å². The van der Waals surface area contributed by atoms with Crippen molar-refractivity contribution in [2.24, 2.45) is 0 Å². The normalized spacial score (nSPS) is 10.8. The largest absolute Gasteiger partial charge is 0.328 e. The Hall–Kier alpha value is -1.20. The molecule has 0 amide bonds. The highest BCUT2D eigenvalue weighted by molar-refractivity contribution is 7.09. The summed E-state index contributed by atoms with van der Waals surface area (Å²) in [7, 11) is 0. The van der Waals surface area contributed by atoms with Gasteiger partial charge in [-0.1, -0.05) is 6.92 Å². The summed E-state index contributed by atoms with van der Waals surface area (Å²) >= 11 is 1.68. The molecule has 0 aliphatic heterocycles. The van der Waals surface area contributed by atoms with E-state index in [1.54, 1.807) is 11.3 Å². The molecule has 5 heteroatoms. The first-order chi connectivity index (χ1) is 7.90. The number of rotatable bonds is 6. The van der Waals surface area contributed by atoms with Crippen LogP contribution in [0.2, 0.25) is 0 Å². The van der Waals surface area contributed by atoms with Gasteiger partial charge in [0.1, 0.15) is 0 Å². The first-order valence-corrected chi connectivity index (χ1v) is 6.35. The van der Waals surface area contributed by atoms with Crippen LogP contribution in [0.5, 0.6) is 0 Å². The molecular weight excluding hydrogens is 220 g/mol. The molecular formula is C11H16N4S. The molecule has 2 rings (SSSR count). The van der Waals surface area contributed by atoms with Crippen molar-refractivity contribution in [2.75, 3.05) is 6.54 Å². The lowest BCUT2D eigenvalue weighted by molar-refractivity contribution is 0.631. The van der Waals surface area contributed by atoms with Crippen molar-refractivity contribution in [3.8, 4) is 0 Å². The standard InChI is InChI=1S/C11H16N4S/c1-2-3-12-4-10-5-13-8-15(10)7-11-6-14-9-16-11/h5-6,8-9,12H,2-4,7H2,1H3. The molecule has 0 bridgehead atoms. The Kier molecular flexibility index (Phi) is 4.07. The van der Waals surface area contributed by atoms with Crippen LogP contribution in [0, 0.1) is 0 Å². The Morgan fingerprint density at radius 3 is 3.06 bits per heavy atom. The van der Waals surface area contributed by atoms with Crippen LogP contribution in [0.25, 0.3) is 0 Å². The summed E-state index contributed by atoms with van der Waals surface area (Å²) in [4.78, 5) is 9.52. The smallest absolute Gasteiger partial charge is 0.0952 e. The maximum Gasteiger partial charge on any atom is 0.0952 e. The SMILES string of the molecule is CCCNCc1cncn1Cc1cncs1. The fourth-order valence-corrected chi connectivity index (χ4v) is 2.11.